The van der Waals surface area contributed by atoms with Crippen molar-refractivity contribution in [2.45, 2.75) is 12.8 Å². The van der Waals surface area contributed by atoms with Crippen LogP contribution in [0, 0.1) is 5.92 Å². The summed E-state index contributed by atoms with van der Waals surface area (Å²) in [5.41, 5.74) is -0.150. The van der Waals surface area contributed by atoms with Crippen LogP contribution in [-0.2, 0) is 4.79 Å². The minimum absolute atomic E-state index is 0.150. The van der Waals surface area contributed by atoms with E-state index < -0.39 is 31.2 Å². The highest BCUT2D eigenvalue weighted by Gasteiger charge is 2.44. The molecule has 0 bridgehead atoms. The fourth-order valence-corrected chi connectivity index (χ4v) is 1.37. The molecular formula is C11H10F5NO3. The average molecular weight is 299 g/mol. The normalized spacial score (nSPS) is 13.1. The smallest absolute Gasteiger partial charge is 0.403 e. The van der Waals surface area contributed by atoms with Crippen LogP contribution < -0.4 is 10.1 Å². The van der Waals surface area contributed by atoms with Gasteiger partial charge in [0.1, 0.15) is 5.75 Å². The third-order valence-corrected chi connectivity index (χ3v) is 2.29. The van der Waals surface area contributed by atoms with Crippen molar-refractivity contribution in [3.8, 4) is 5.75 Å². The Morgan fingerprint density at radius 3 is 2.40 bits per heavy atom. The molecular weight excluding hydrogens is 289 g/mol. The van der Waals surface area contributed by atoms with Crippen LogP contribution in [-0.4, -0.2) is 30.4 Å². The van der Waals surface area contributed by atoms with E-state index >= 15 is 0 Å². The molecule has 0 aliphatic heterocycles. The summed E-state index contributed by atoms with van der Waals surface area (Å²) in [6, 6.07) is 5.05. The summed E-state index contributed by atoms with van der Waals surface area (Å²) in [6.45, 7) is -4.14. The number of carboxylic acid groups (broad SMARTS) is 1. The van der Waals surface area contributed by atoms with Crippen molar-refractivity contribution < 1.29 is 36.6 Å². The first kappa shape index (κ1) is 16.0. The Balaban J connectivity index is 2.81. The number of ether oxygens (including phenoxy) is 1. The molecule has 0 amide bonds. The molecule has 4 nitrogen and oxygen atoms in total. The van der Waals surface area contributed by atoms with E-state index in [-0.39, 0.29) is 11.4 Å². The number of anilines is 1. The quantitative estimate of drug-likeness (QED) is 0.793. The van der Waals surface area contributed by atoms with Crippen LogP contribution in [0.2, 0.25) is 0 Å². The number of aliphatic carboxylic acids is 1. The highest BCUT2D eigenvalue weighted by molar-refractivity contribution is 5.72. The molecule has 0 fully saturated rings. The Morgan fingerprint density at radius 2 is 1.90 bits per heavy atom. The van der Waals surface area contributed by atoms with Crippen molar-refractivity contribution in [1.82, 2.24) is 0 Å². The Hall–Kier alpha value is -2.06. The summed E-state index contributed by atoms with van der Waals surface area (Å²) in [5.74, 6) is -5.08. The third kappa shape index (κ3) is 4.56. The zero-order valence-corrected chi connectivity index (χ0v) is 9.82. The van der Waals surface area contributed by atoms with Crippen LogP contribution in [0.3, 0.4) is 0 Å². The lowest BCUT2D eigenvalue weighted by atomic mass is 10.1. The third-order valence-electron chi connectivity index (χ3n) is 2.29. The zero-order valence-electron chi connectivity index (χ0n) is 9.82. The highest BCUT2D eigenvalue weighted by Crippen LogP contribution is 2.29. The molecule has 112 valence electrons. The minimum atomic E-state index is -4.95. The Kier molecular flexibility index (Phi) is 5.12. The minimum Gasteiger partial charge on any atom is -0.481 e. The Morgan fingerprint density at radius 1 is 1.30 bits per heavy atom. The molecule has 1 aromatic carbocycles. The molecule has 20 heavy (non-hydrogen) atoms. The molecule has 0 spiro atoms. The molecule has 0 saturated heterocycles. The number of hydrogen-bond donors (Lipinski definition) is 2. The molecule has 0 saturated carbocycles. The second-order valence-electron chi connectivity index (χ2n) is 3.69. The van der Waals surface area contributed by atoms with Crippen LogP contribution in [0.1, 0.15) is 0 Å². The second kappa shape index (κ2) is 6.40. The van der Waals surface area contributed by atoms with Crippen LogP contribution in [0.15, 0.2) is 24.3 Å². The molecule has 1 unspecified atom stereocenters. The van der Waals surface area contributed by atoms with Gasteiger partial charge in [-0.15, -0.1) is 0 Å². The number of para-hydroxylation sites is 2. The van der Waals surface area contributed by atoms with E-state index in [4.69, 9.17) is 5.11 Å². The largest absolute Gasteiger partial charge is 0.481 e. The van der Waals surface area contributed by atoms with Crippen LogP contribution in [0.4, 0.5) is 27.6 Å². The Labute approximate surface area is 110 Å². The second-order valence-corrected chi connectivity index (χ2v) is 3.69. The van der Waals surface area contributed by atoms with E-state index in [0.29, 0.717) is 0 Å². The monoisotopic (exact) mass is 299 g/mol. The summed E-state index contributed by atoms with van der Waals surface area (Å²) in [7, 11) is 0. The molecule has 1 aromatic rings. The lowest BCUT2D eigenvalue weighted by molar-refractivity contribution is -0.190. The topological polar surface area (TPSA) is 58.6 Å². The van der Waals surface area contributed by atoms with E-state index in [1.165, 1.54) is 18.2 Å². The summed E-state index contributed by atoms with van der Waals surface area (Å²) in [5, 5.41) is 10.6. The fourth-order valence-electron chi connectivity index (χ4n) is 1.37. The van der Waals surface area contributed by atoms with Gasteiger partial charge in [0.25, 0.3) is 0 Å². The SMILES string of the molecule is O=C(O)C(CNc1ccccc1OC(F)F)C(F)(F)F. The molecule has 9 heteroatoms. The summed E-state index contributed by atoms with van der Waals surface area (Å²) in [4.78, 5) is 10.5. The molecule has 0 aliphatic carbocycles. The molecule has 1 rings (SSSR count). The maximum atomic E-state index is 12.4. The van der Waals surface area contributed by atoms with Gasteiger partial charge in [0, 0.05) is 6.54 Å². The first-order valence-electron chi connectivity index (χ1n) is 5.29. The number of alkyl halides is 5. The van der Waals surface area contributed by atoms with Gasteiger partial charge in [-0.05, 0) is 12.1 Å². The first-order chi connectivity index (χ1) is 9.21. The van der Waals surface area contributed by atoms with Crippen molar-refractivity contribution >= 4 is 11.7 Å². The van der Waals surface area contributed by atoms with Gasteiger partial charge in [-0.25, -0.2) is 0 Å². The van der Waals surface area contributed by atoms with Gasteiger partial charge in [-0.2, -0.15) is 22.0 Å². The van der Waals surface area contributed by atoms with Crippen molar-refractivity contribution in [1.29, 1.82) is 0 Å². The maximum Gasteiger partial charge on any atom is 0.403 e. The van der Waals surface area contributed by atoms with Crippen molar-refractivity contribution in [2.75, 3.05) is 11.9 Å². The molecule has 0 aromatic heterocycles. The lowest BCUT2D eigenvalue weighted by Crippen LogP contribution is -2.36. The lowest BCUT2D eigenvalue weighted by Gasteiger charge is -2.18. The van der Waals surface area contributed by atoms with Gasteiger partial charge in [-0.3, -0.25) is 4.79 Å². The van der Waals surface area contributed by atoms with E-state index in [1.54, 1.807) is 0 Å². The molecule has 1 atom stereocenters. The molecule has 0 aliphatic rings. The van der Waals surface area contributed by atoms with Gasteiger partial charge < -0.3 is 15.2 Å². The van der Waals surface area contributed by atoms with E-state index in [2.05, 4.69) is 10.1 Å². The molecule has 0 radical (unpaired) electrons. The summed E-state index contributed by atoms with van der Waals surface area (Å²) in [6.07, 6.45) is -4.95. The number of carbonyl (C=O) groups is 1. The standard InChI is InChI=1S/C11H10F5NO3/c12-10(13)20-8-4-2-1-3-7(8)17-5-6(9(18)19)11(14,15)16/h1-4,6,10,17H,5H2,(H,18,19). The number of carboxylic acids is 1. The number of rotatable bonds is 6. The Bertz CT molecular complexity index is 464. The van der Waals surface area contributed by atoms with Gasteiger partial charge in [0.15, 0.2) is 5.92 Å². The van der Waals surface area contributed by atoms with E-state index in [9.17, 15) is 26.7 Å². The van der Waals surface area contributed by atoms with Crippen molar-refractivity contribution in [2.24, 2.45) is 5.92 Å². The van der Waals surface area contributed by atoms with Gasteiger partial charge in [0.2, 0.25) is 0 Å². The van der Waals surface area contributed by atoms with Crippen molar-refractivity contribution in [3.05, 3.63) is 24.3 Å². The van der Waals surface area contributed by atoms with Crippen LogP contribution in [0.5, 0.6) is 5.75 Å². The number of halogens is 5. The van der Waals surface area contributed by atoms with Crippen LogP contribution >= 0.6 is 0 Å². The van der Waals surface area contributed by atoms with Gasteiger partial charge in [-0.1, -0.05) is 12.1 Å². The number of benzene rings is 1. The van der Waals surface area contributed by atoms with Crippen LogP contribution in [0.25, 0.3) is 0 Å². The average Bonchev–Trinajstić information content (AvgIpc) is 2.28. The van der Waals surface area contributed by atoms with Gasteiger partial charge in [0.05, 0.1) is 5.69 Å². The zero-order chi connectivity index (χ0) is 15.3. The fraction of sp³-hybridized carbons (Fsp3) is 0.364. The summed E-state index contributed by atoms with van der Waals surface area (Å²) >= 11 is 0. The summed E-state index contributed by atoms with van der Waals surface area (Å²) < 4.78 is 65.5. The molecule has 2 N–H and O–H groups in total. The number of nitrogens with one attached hydrogen (secondary N) is 1. The maximum absolute atomic E-state index is 12.4. The van der Waals surface area contributed by atoms with Gasteiger partial charge >= 0.3 is 18.8 Å². The first-order valence-corrected chi connectivity index (χ1v) is 5.29. The van der Waals surface area contributed by atoms with E-state index in [1.807, 2.05) is 0 Å². The molecule has 0 heterocycles. The van der Waals surface area contributed by atoms with E-state index in [0.717, 1.165) is 6.07 Å². The predicted molar refractivity (Wildman–Crippen MR) is 58.7 cm³/mol. The van der Waals surface area contributed by atoms with Crippen molar-refractivity contribution in [3.63, 3.8) is 0 Å². The highest BCUT2D eigenvalue weighted by atomic mass is 19.4. The predicted octanol–water partition coefficient (Wildman–Crippen LogP) is 2.96. The number of hydrogen-bond acceptors (Lipinski definition) is 3.